The predicted octanol–water partition coefficient (Wildman–Crippen LogP) is 1.29. The highest BCUT2D eigenvalue weighted by molar-refractivity contribution is 7.99. The molecule has 0 aromatic carbocycles. The predicted molar refractivity (Wildman–Crippen MR) is 54.5 cm³/mol. The minimum absolute atomic E-state index is 0.195. The Balaban J connectivity index is 2.17. The minimum Gasteiger partial charge on any atom is -0.294 e. The van der Waals surface area contributed by atoms with Gasteiger partial charge in [-0.1, -0.05) is 0 Å². The maximum absolute atomic E-state index is 10.5. The Morgan fingerprint density at radius 1 is 1.43 bits per heavy atom. The molecule has 0 saturated carbocycles. The second-order valence-electron chi connectivity index (χ2n) is 3.24. The summed E-state index contributed by atoms with van der Waals surface area (Å²) in [5, 5.41) is 7.40. The first-order valence-corrected chi connectivity index (χ1v) is 5.78. The van der Waals surface area contributed by atoms with Gasteiger partial charge < -0.3 is 0 Å². The van der Waals surface area contributed by atoms with Crippen molar-refractivity contribution in [3.05, 3.63) is 17.7 Å². The first kappa shape index (κ1) is 9.58. The van der Waals surface area contributed by atoms with Gasteiger partial charge in [-0.05, 0) is 24.3 Å². The Bertz CT molecular complexity index is 326. The van der Waals surface area contributed by atoms with E-state index in [0.717, 1.165) is 18.5 Å². The largest absolute Gasteiger partial charge is 0.294 e. The average Bonchev–Trinajstić information content (AvgIpc) is 2.30. The lowest BCUT2D eigenvalue weighted by Gasteiger charge is -2.19. The van der Waals surface area contributed by atoms with Crippen LogP contribution in [0.2, 0.25) is 0 Å². The van der Waals surface area contributed by atoms with Crippen LogP contribution >= 0.6 is 11.8 Å². The fourth-order valence-corrected chi connectivity index (χ4v) is 2.68. The number of hydrogen-bond donors (Lipinski definition) is 0. The minimum atomic E-state index is 0.195. The van der Waals surface area contributed by atoms with Gasteiger partial charge in [-0.15, -0.1) is 5.10 Å². The fourth-order valence-electron chi connectivity index (χ4n) is 1.57. The van der Waals surface area contributed by atoms with Crippen LogP contribution in [0.5, 0.6) is 0 Å². The molecular formula is C9H11N3OS. The summed E-state index contributed by atoms with van der Waals surface area (Å²) in [4.78, 5) is 14.6. The summed E-state index contributed by atoms with van der Waals surface area (Å²) in [5.74, 6) is 3.00. The van der Waals surface area contributed by atoms with E-state index in [4.69, 9.17) is 0 Å². The second kappa shape index (κ2) is 4.50. The van der Waals surface area contributed by atoms with E-state index in [-0.39, 0.29) is 5.82 Å². The van der Waals surface area contributed by atoms with E-state index >= 15 is 0 Å². The number of aromatic nitrogens is 3. The molecule has 2 heterocycles. The van der Waals surface area contributed by atoms with Crippen molar-refractivity contribution in [1.82, 2.24) is 15.2 Å². The molecule has 1 aliphatic heterocycles. The van der Waals surface area contributed by atoms with Crippen LogP contribution < -0.4 is 0 Å². The Kier molecular flexibility index (Phi) is 3.08. The molecule has 1 aromatic rings. The summed E-state index contributed by atoms with van der Waals surface area (Å²) >= 11 is 1.97. The molecule has 0 atom stereocenters. The van der Waals surface area contributed by atoms with Crippen molar-refractivity contribution in [2.75, 3.05) is 11.5 Å². The van der Waals surface area contributed by atoms with E-state index in [1.807, 2.05) is 11.8 Å². The number of rotatable bonds is 2. The van der Waals surface area contributed by atoms with Crippen molar-refractivity contribution in [1.29, 1.82) is 0 Å². The smallest absolute Gasteiger partial charge is 0.214 e. The van der Waals surface area contributed by atoms with E-state index in [2.05, 4.69) is 15.2 Å². The van der Waals surface area contributed by atoms with Gasteiger partial charge in [-0.2, -0.15) is 16.9 Å². The molecule has 1 aliphatic rings. The highest BCUT2D eigenvalue weighted by Gasteiger charge is 2.17. The van der Waals surface area contributed by atoms with Gasteiger partial charge in [-0.25, -0.2) is 4.98 Å². The Labute approximate surface area is 86.5 Å². The van der Waals surface area contributed by atoms with Gasteiger partial charge in [0.2, 0.25) is 5.82 Å². The normalized spacial score (nSPS) is 18.0. The van der Waals surface area contributed by atoms with Crippen LogP contribution in [0.25, 0.3) is 0 Å². The van der Waals surface area contributed by atoms with Gasteiger partial charge in [0.05, 0.1) is 11.9 Å². The topological polar surface area (TPSA) is 55.7 Å². The van der Waals surface area contributed by atoms with Crippen molar-refractivity contribution in [3.8, 4) is 0 Å². The van der Waals surface area contributed by atoms with Gasteiger partial charge in [0.15, 0.2) is 6.29 Å². The summed E-state index contributed by atoms with van der Waals surface area (Å²) in [6, 6.07) is 0. The van der Waals surface area contributed by atoms with E-state index in [1.54, 1.807) is 6.20 Å². The maximum Gasteiger partial charge on any atom is 0.214 e. The molecule has 1 aromatic heterocycles. The Hall–Kier alpha value is -0.970. The third-order valence-corrected chi connectivity index (χ3v) is 3.39. The highest BCUT2D eigenvalue weighted by Crippen LogP contribution is 2.29. The number of hydrogen-bond acceptors (Lipinski definition) is 5. The van der Waals surface area contributed by atoms with Crippen molar-refractivity contribution in [2.24, 2.45) is 0 Å². The van der Waals surface area contributed by atoms with E-state index < -0.39 is 0 Å². The van der Waals surface area contributed by atoms with Gasteiger partial charge in [-0.3, -0.25) is 4.79 Å². The molecular weight excluding hydrogens is 198 g/mol. The molecule has 0 unspecified atom stereocenters. The zero-order chi connectivity index (χ0) is 9.80. The molecule has 14 heavy (non-hydrogen) atoms. The number of thioether (sulfide) groups is 1. The quantitative estimate of drug-likeness (QED) is 0.687. The van der Waals surface area contributed by atoms with Crippen LogP contribution in [0.3, 0.4) is 0 Å². The van der Waals surface area contributed by atoms with Gasteiger partial charge in [0, 0.05) is 5.92 Å². The number of nitrogens with zero attached hydrogens (tertiary/aromatic N) is 3. The Morgan fingerprint density at radius 3 is 2.93 bits per heavy atom. The first-order chi connectivity index (χ1) is 6.90. The molecule has 0 spiro atoms. The van der Waals surface area contributed by atoms with Crippen LogP contribution in [0.15, 0.2) is 6.20 Å². The SMILES string of the molecule is O=Cc1nncc(C2CCSCC2)n1. The van der Waals surface area contributed by atoms with E-state index in [9.17, 15) is 4.79 Å². The van der Waals surface area contributed by atoms with Crippen molar-refractivity contribution >= 4 is 18.0 Å². The van der Waals surface area contributed by atoms with Crippen molar-refractivity contribution < 1.29 is 4.79 Å². The van der Waals surface area contributed by atoms with Crippen molar-refractivity contribution in [2.45, 2.75) is 18.8 Å². The number of carbonyl (C=O) groups is 1. The molecule has 1 fully saturated rings. The van der Waals surface area contributed by atoms with Gasteiger partial charge in [0.1, 0.15) is 0 Å². The van der Waals surface area contributed by atoms with Crippen LogP contribution in [0.4, 0.5) is 0 Å². The molecule has 0 aliphatic carbocycles. The Morgan fingerprint density at radius 2 is 2.21 bits per heavy atom. The lowest BCUT2D eigenvalue weighted by Crippen LogP contribution is -2.11. The van der Waals surface area contributed by atoms with E-state index in [0.29, 0.717) is 12.2 Å². The van der Waals surface area contributed by atoms with Crippen LogP contribution in [-0.4, -0.2) is 33.0 Å². The summed E-state index contributed by atoms with van der Waals surface area (Å²) < 4.78 is 0. The maximum atomic E-state index is 10.5. The zero-order valence-electron chi connectivity index (χ0n) is 7.72. The summed E-state index contributed by atoms with van der Waals surface area (Å²) in [6.07, 6.45) is 4.57. The molecule has 0 amide bonds. The molecule has 0 N–H and O–H groups in total. The summed E-state index contributed by atoms with van der Waals surface area (Å²) in [7, 11) is 0. The number of carbonyl (C=O) groups excluding carboxylic acids is 1. The third kappa shape index (κ3) is 2.09. The fraction of sp³-hybridized carbons (Fsp3) is 0.556. The second-order valence-corrected chi connectivity index (χ2v) is 4.47. The van der Waals surface area contributed by atoms with Crippen LogP contribution in [0.1, 0.15) is 35.1 Å². The molecule has 1 saturated heterocycles. The molecule has 74 valence electrons. The molecule has 4 nitrogen and oxygen atoms in total. The average molecular weight is 209 g/mol. The van der Waals surface area contributed by atoms with Crippen LogP contribution in [-0.2, 0) is 0 Å². The highest BCUT2D eigenvalue weighted by atomic mass is 32.2. The van der Waals surface area contributed by atoms with Gasteiger partial charge >= 0.3 is 0 Å². The third-order valence-electron chi connectivity index (χ3n) is 2.34. The zero-order valence-corrected chi connectivity index (χ0v) is 8.54. The summed E-state index contributed by atoms with van der Waals surface area (Å²) in [6.45, 7) is 0. The van der Waals surface area contributed by atoms with Crippen LogP contribution in [0, 0.1) is 0 Å². The lowest BCUT2D eigenvalue weighted by molar-refractivity contribution is 0.111. The number of aldehydes is 1. The molecule has 5 heteroatoms. The molecule has 2 rings (SSSR count). The first-order valence-electron chi connectivity index (χ1n) is 4.62. The molecule has 0 radical (unpaired) electrons. The van der Waals surface area contributed by atoms with E-state index in [1.165, 1.54) is 11.5 Å². The lowest BCUT2D eigenvalue weighted by atomic mass is 9.99. The standard InChI is InChI=1S/C9H11N3OS/c13-6-9-11-8(5-10-12-9)7-1-3-14-4-2-7/h5-7H,1-4H2. The van der Waals surface area contributed by atoms with Crippen molar-refractivity contribution in [3.63, 3.8) is 0 Å². The monoisotopic (exact) mass is 209 g/mol. The summed E-state index contributed by atoms with van der Waals surface area (Å²) in [5.41, 5.74) is 0.919. The van der Waals surface area contributed by atoms with Gasteiger partial charge in [0.25, 0.3) is 0 Å². The molecule has 0 bridgehead atoms.